The predicted molar refractivity (Wildman–Crippen MR) is 131 cm³/mol. The van der Waals surface area contributed by atoms with E-state index in [0.717, 1.165) is 40.8 Å². The molecular formula is C27H23FN4O3. The van der Waals surface area contributed by atoms with Crippen molar-refractivity contribution in [1.29, 1.82) is 0 Å². The number of fused-ring (bicyclic) bond motifs is 2. The van der Waals surface area contributed by atoms with Crippen LogP contribution in [0.1, 0.15) is 23.2 Å². The van der Waals surface area contributed by atoms with Gasteiger partial charge in [-0.2, -0.15) is 4.39 Å². The van der Waals surface area contributed by atoms with Gasteiger partial charge in [0.15, 0.2) is 5.82 Å². The third-order valence-corrected chi connectivity index (χ3v) is 6.49. The van der Waals surface area contributed by atoms with E-state index in [9.17, 15) is 9.18 Å². The summed E-state index contributed by atoms with van der Waals surface area (Å²) >= 11 is 0. The van der Waals surface area contributed by atoms with Gasteiger partial charge in [-0.25, -0.2) is 9.97 Å². The summed E-state index contributed by atoms with van der Waals surface area (Å²) in [6.07, 6.45) is 4.58. The van der Waals surface area contributed by atoms with Crippen LogP contribution in [0.2, 0.25) is 0 Å². The molecule has 7 nitrogen and oxygen atoms in total. The van der Waals surface area contributed by atoms with E-state index in [0.29, 0.717) is 34.2 Å². The van der Waals surface area contributed by atoms with Crippen molar-refractivity contribution in [2.45, 2.75) is 19.4 Å². The van der Waals surface area contributed by atoms with E-state index in [1.54, 1.807) is 25.3 Å². The summed E-state index contributed by atoms with van der Waals surface area (Å²) in [4.78, 5) is 20.0. The fourth-order valence-corrected chi connectivity index (χ4v) is 4.58. The minimum atomic E-state index is -0.546. The molecule has 0 aliphatic heterocycles. The number of aryl methyl sites for hydroxylation is 1. The van der Waals surface area contributed by atoms with Crippen molar-refractivity contribution >= 4 is 28.2 Å². The van der Waals surface area contributed by atoms with E-state index in [1.165, 1.54) is 25.1 Å². The SMILES string of the molecule is COc1cc(C=O)cc2nc(-c3cc4ccc(Oc5ccc(F)nc5)cc4n3CC3CC3)n(C)c12. The number of methoxy groups -OCH3 is 1. The van der Waals surface area contributed by atoms with Crippen LogP contribution >= 0.6 is 0 Å². The van der Waals surface area contributed by atoms with Gasteiger partial charge in [-0.3, -0.25) is 4.79 Å². The molecule has 1 aliphatic carbocycles. The van der Waals surface area contributed by atoms with Crippen LogP contribution in [-0.4, -0.2) is 32.5 Å². The number of ether oxygens (including phenoxy) is 2. The van der Waals surface area contributed by atoms with Crippen molar-refractivity contribution in [3.63, 3.8) is 0 Å². The molecule has 1 fully saturated rings. The Kier molecular flexibility index (Phi) is 5.02. The van der Waals surface area contributed by atoms with Crippen molar-refractivity contribution in [3.05, 3.63) is 66.2 Å². The van der Waals surface area contributed by atoms with Crippen LogP contribution in [0.3, 0.4) is 0 Å². The van der Waals surface area contributed by atoms with E-state index in [-0.39, 0.29) is 0 Å². The summed E-state index contributed by atoms with van der Waals surface area (Å²) in [5.41, 5.74) is 4.09. The topological polar surface area (TPSA) is 71.2 Å². The highest BCUT2D eigenvalue weighted by atomic mass is 19.1. The summed E-state index contributed by atoms with van der Waals surface area (Å²) in [6, 6.07) is 14.4. The minimum absolute atomic E-state index is 0.472. The second-order valence-corrected chi connectivity index (χ2v) is 8.93. The number of rotatable bonds is 7. The molecule has 0 atom stereocenters. The zero-order valence-corrected chi connectivity index (χ0v) is 19.4. The second-order valence-electron chi connectivity index (χ2n) is 8.93. The monoisotopic (exact) mass is 470 g/mol. The normalized spacial score (nSPS) is 13.5. The molecule has 0 saturated heterocycles. The first-order valence-electron chi connectivity index (χ1n) is 11.5. The number of hydrogen-bond acceptors (Lipinski definition) is 5. The number of hydrogen-bond donors (Lipinski definition) is 0. The smallest absolute Gasteiger partial charge is 0.213 e. The molecule has 6 rings (SSSR count). The number of aldehydes is 1. The quantitative estimate of drug-likeness (QED) is 0.224. The number of imidazole rings is 1. The Hall–Kier alpha value is -4.20. The molecule has 2 aromatic carbocycles. The highest BCUT2D eigenvalue weighted by Gasteiger charge is 2.26. The van der Waals surface area contributed by atoms with E-state index in [4.69, 9.17) is 14.5 Å². The average molecular weight is 471 g/mol. The molecule has 3 aromatic heterocycles. The molecule has 0 bridgehead atoms. The molecule has 1 saturated carbocycles. The summed E-state index contributed by atoms with van der Waals surface area (Å²) < 4.78 is 29.0. The zero-order valence-electron chi connectivity index (χ0n) is 19.4. The summed E-state index contributed by atoms with van der Waals surface area (Å²) in [5, 5.41) is 1.07. The Labute approximate surface area is 200 Å². The lowest BCUT2D eigenvalue weighted by molar-refractivity contribution is 0.112. The van der Waals surface area contributed by atoms with Gasteiger partial charge < -0.3 is 18.6 Å². The van der Waals surface area contributed by atoms with Crippen molar-refractivity contribution in [1.82, 2.24) is 19.1 Å². The second kappa shape index (κ2) is 8.23. The van der Waals surface area contributed by atoms with E-state index >= 15 is 0 Å². The molecule has 5 aromatic rings. The van der Waals surface area contributed by atoms with Crippen LogP contribution in [-0.2, 0) is 13.6 Å². The molecule has 176 valence electrons. The fourth-order valence-electron chi connectivity index (χ4n) is 4.58. The molecule has 0 spiro atoms. The van der Waals surface area contributed by atoms with Crippen molar-refractivity contribution < 1.29 is 18.7 Å². The van der Waals surface area contributed by atoms with Crippen molar-refractivity contribution in [2.24, 2.45) is 13.0 Å². The van der Waals surface area contributed by atoms with Gasteiger partial charge in [-0.15, -0.1) is 0 Å². The summed E-state index contributed by atoms with van der Waals surface area (Å²) in [5.74, 6) is 2.61. The Balaban J connectivity index is 1.50. The lowest BCUT2D eigenvalue weighted by atomic mass is 10.2. The number of nitrogens with zero attached hydrogens (tertiary/aromatic N) is 4. The van der Waals surface area contributed by atoms with Gasteiger partial charge in [0.2, 0.25) is 5.95 Å². The van der Waals surface area contributed by atoms with E-state index in [2.05, 4.69) is 15.6 Å². The Bertz CT molecular complexity index is 1580. The third-order valence-electron chi connectivity index (χ3n) is 6.49. The number of carbonyl (C=O) groups is 1. The number of carbonyl (C=O) groups excluding carboxylic acids is 1. The summed E-state index contributed by atoms with van der Waals surface area (Å²) in [6.45, 7) is 0.875. The first-order valence-corrected chi connectivity index (χ1v) is 11.5. The van der Waals surface area contributed by atoms with Crippen LogP contribution in [0.15, 0.2) is 54.7 Å². The Morgan fingerprint density at radius 3 is 2.66 bits per heavy atom. The van der Waals surface area contributed by atoms with Gasteiger partial charge in [0.05, 0.1) is 30.0 Å². The first kappa shape index (κ1) is 21.3. The highest BCUT2D eigenvalue weighted by molar-refractivity contribution is 5.93. The maximum absolute atomic E-state index is 13.2. The molecule has 0 N–H and O–H groups in total. The van der Waals surface area contributed by atoms with Gasteiger partial charge in [0, 0.05) is 30.6 Å². The van der Waals surface area contributed by atoms with Gasteiger partial charge in [0.25, 0.3) is 0 Å². The maximum atomic E-state index is 13.2. The molecule has 35 heavy (non-hydrogen) atoms. The maximum Gasteiger partial charge on any atom is 0.213 e. The van der Waals surface area contributed by atoms with Gasteiger partial charge in [-0.1, -0.05) is 0 Å². The fraction of sp³-hybridized carbons (Fsp3) is 0.222. The molecular weight excluding hydrogens is 447 g/mol. The minimum Gasteiger partial charge on any atom is -0.494 e. The van der Waals surface area contributed by atoms with E-state index in [1.807, 2.05) is 29.8 Å². The Morgan fingerprint density at radius 1 is 1.11 bits per heavy atom. The van der Waals surface area contributed by atoms with Crippen LogP contribution in [0.25, 0.3) is 33.5 Å². The first-order chi connectivity index (χ1) is 17.0. The van der Waals surface area contributed by atoms with Gasteiger partial charge in [-0.05, 0) is 61.2 Å². The molecule has 0 unspecified atom stereocenters. The molecule has 8 heteroatoms. The average Bonchev–Trinajstić information content (AvgIpc) is 3.54. The lowest BCUT2D eigenvalue weighted by Gasteiger charge is -2.12. The van der Waals surface area contributed by atoms with Crippen LogP contribution in [0.5, 0.6) is 17.2 Å². The number of halogens is 1. The van der Waals surface area contributed by atoms with Crippen LogP contribution in [0.4, 0.5) is 4.39 Å². The zero-order chi connectivity index (χ0) is 24.1. The largest absolute Gasteiger partial charge is 0.494 e. The molecule has 0 amide bonds. The van der Waals surface area contributed by atoms with Gasteiger partial charge in [0.1, 0.15) is 29.1 Å². The van der Waals surface area contributed by atoms with Crippen molar-refractivity contribution in [2.75, 3.05) is 7.11 Å². The molecule has 1 aliphatic rings. The number of aromatic nitrogens is 4. The van der Waals surface area contributed by atoms with Crippen LogP contribution < -0.4 is 9.47 Å². The van der Waals surface area contributed by atoms with Crippen molar-refractivity contribution in [3.8, 4) is 28.8 Å². The number of benzene rings is 2. The highest BCUT2D eigenvalue weighted by Crippen LogP contribution is 2.38. The Morgan fingerprint density at radius 2 is 1.94 bits per heavy atom. The van der Waals surface area contributed by atoms with Crippen LogP contribution in [0, 0.1) is 11.9 Å². The van der Waals surface area contributed by atoms with E-state index < -0.39 is 5.95 Å². The number of pyridine rings is 1. The molecule has 0 radical (unpaired) electrons. The molecule has 3 heterocycles. The standard InChI is InChI=1S/C27H23FN4O3/c1-31-26-21(9-17(15-33)10-24(26)34-2)30-27(31)23-11-18-5-6-19(35-20-7-8-25(28)29-13-20)12-22(18)32(23)14-16-3-4-16/h5-13,15-16H,3-4,14H2,1-2H3. The lowest BCUT2D eigenvalue weighted by Crippen LogP contribution is -2.05. The third kappa shape index (κ3) is 3.80. The summed E-state index contributed by atoms with van der Waals surface area (Å²) in [7, 11) is 3.56. The predicted octanol–water partition coefficient (Wildman–Crippen LogP) is 5.75. The van der Waals surface area contributed by atoms with Gasteiger partial charge >= 0.3 is 0 Å².